The van der Waals surface area contributed by atoms with Crippen molar-refractivity contribution < 1.29 is 14.4 Å². The van der Waals surface area contributed by atoms with Gasteiger partial charge in [-0.1, -0.05) is 26.0 Å². The molecule has 1 aromatic heterocycles. The van der Waals surface area contributed by atoms with E-state index in [1.165, 1.54) is 0 Å². The van der Waals surface area contributed by atoms with Gasteiger partial charge in [-0.3, -0.25) is 19.3 Å². The Morgan fingerprint density at radius 2 is 1.83 bits per heavy atom. The summed E-state index contributed by atoms with van der Waals surface area (Å²) in [7, 11) is 0. The van der Waals surface area contributed by atoms with Crippen molar-refractivity contribution in [1.82, 2.24) is 15.2 Å². The standard InChI is InChI=1S/C17H17N3O3S/c1-10(2)15-19-11(9-24-15)7-18-14(21)8-20-16(22)12-5-3-4-6-13(12)17(20)23/h3-6,9-10H,7-8H2,1-2H3,(H,18,21). The second-order valence-electron chi connectivity index (χ2n) is 5.85. The van der Waals surface area contributed by atoms with Crippen molar-refractivity contribution in [1.29, 1.82) is 0 Å². The fraction of sp³-hybridized carbons (Fsp3) is 0.294. The number of hydrogen-bond donors (Lipinski definition) is 1. The van der Waals surface area contributed by atoms with E-state index in [4.69, 9.17) is 0 Å². The molecule has 0 radical (unpaired) electrons. The lowest BCUT2D eigenvalue weighted by Gasteiger charge is -2.13. The maximum Gasteiger partial charge on any atom is 0.262 e. The normalized spacial score (nSPS) is 13.5. The van der Waals surface area contributed by atoms with E-state index >= 15 is 0 Å². The van der Waals surface area contributed by atoms with Crippen molar-refractivity contribution in [2.75, 3.05) is 6.54 Å². The quantitative estimate of drug-likeness (QED) is 0.844. The fourth-order valence-electron chi connectivity index (χ4n) is 2.44. The maximum absolute atomic E-state index is 12.2. The van der Waals surface area contributed by atoms with E-state index < -0.39 is 11.8 Å². The molecule has 0 saturated heterocycles. The number of aromatic nitrogens is 1. The van der Waals surface area contributed by atoms with Gasteiger partial charge in [0, 0.05) is 11.3 Å². The van der Waals surface area contributed by atoms with Crippen LogP contribution in [0.1, 0.15) is 51.2 Å². The lowest BCUT2D eigenvalue weighted by Crippen LogP contribution is -2.40. The molecule has 3 rings (SSSR count). The maximum atomic E-state index is 12.2. The molecular formula is C17H17N3O3S. The molecule has 1 aromatic carbocycles. The molecule has 2 heterocycles. The smallest absolute Gasteiger partial charge is 0.262 e. The van der Waals surface area contributed by atoms with Crippen molar-refractivity contribution in [3.8, 4) is 0 Å². The van der Waals surface area contributed by atoms with Crippen LogP contribution in [0.15, 0.2) is 29.6 Å². The Hall–Kier alpha value is -2.54. The molecule has 1 N–H and O–H groups in total. The van der Waals surface area contributed by atoms with Crippen LogP contribution < -0.4 is 5.32 Å². The molecular weight excluding hydrogens is 326 g/mol. The molecule has 0 saturated carbocycles. The number of carbonyl (C=O) groups is 3. The number of imide groups is 1. The van der Waals surface area contributed by atoms with Crippen LogP contribution in [0.3, 0.4) is 0 Å². The number of benzene rings is 1. The number of amides is 3. The number of rotatable bonds is 5. The number of fused-ring (bicyclic) bond motifs is 1. The topological polar surface area (TPSA) is 79.4 Å². The number of carbonyl (C=O) groups excluding carboxylic acids is 3. The highest BCUT2D eigenvalue weighted by Gasteiger charge is 2.36. The number of hydrogen-bond acceptors (Lipinski definition) is 5. The third kappa shape index (κ3) is 3.07. The average Bonchev–Trinajstić information content (AvgIpc) is 3.13. The number of nitrogens with one attached hydrogen (secondary N) is 1. The first-order valence-electron chi connectivity index (χ1n) is 7.63. The molecule has 124 valence electrons. The Balaban J connectivity index is 1.59. The van der Waals surface area contributed by atoms with E-state index in [0.29, 0.717) is 17.0 Å². The van der Waals surface area contributed by atoms with Gasteiger partial charge in [0.05, 0.1) is 28.4 Å². The summed E-state index contributed by atoms with van der Waals surface area (Å²) in [6, 6.07) is 6.58. The molecule has 24 heavy (non-hydrogen) atoms. The van der Waals surface area contributed by atoms with Crippen LogP contribution in [-0.2, 0) is 11.3 Å². The highest BCUT2D eigenvalue weighted by atomic mass is 32.1. The molecule has 0 unspecified atom stereocenters. The van der Waals surface area contributed by atoms with E-state index in [0.717, 1.165) is 15.6 Å². The van der Waals surface area contributed by atoms with Crippen LogP contribution in [0.2, 0.25) is 0 Å². The molecule has 3 amide bonds. The number of thiazole rings is 1. The van der Waals surface area contributed by atoms with Crippen molar-refractivity contribution in [3.63, 3.8) is 0 Å². The molecule has 1 aliphatic heterocycles. The molecule has 0 spiro atoms. The van der Waals surface area contributed by atoms with Crippen LogP contribution in [0, 0.1) is 0 Å². The van der Waals surface area contributed by atoms with Crippen molar-refractivity contribution in [2.45, 2.75) is 26.3 Å². The van der Waals surface area contributed by atoms with E-state index in [-0.39, 0.29) is 19.0 Å². The zero-order valence-corrected chi connectivity index (χ0v) is 14.2. The third-order valence-corrected chi connectivity index (χ3v) is 4.90. The zero-order chi connectivity index (χ0) is 17.3. The van der Waals surface area contributed by atoms with Crippen LogP contribution >= 0.6 is 11.3 Å². The Labute approximate surface area is 143 Å². The van der Waals surface area contributed by atoms with Crippen molar-refractivity contribution in [3.05, 3.63) is 51.5 Å². The van der Waals surface area contributed by atoms with Gasteiger partial charge in [-0.15, -0.1) is 11.3 Å². The van der Waals surface area contributed by atoms with Gasteiger partial charge in [-0.05, 0) is 12.1 Å². The fourth-order valence-corrected chi connectivity index (χ4v) is 3.28. The van der Waals surface area contributed by atoms with Gasteiger partial charge in [0.1, 0.15) is 6.54 Å². The first-order chi connectivity index (χ1) is 11.5. The first-order valence-corrected chi connectivity index (χ1v) is 8.51. The second kappa shape index (κ2) is 6.52. The predicted octanol–water partition coefficient (Wildman–Crippen LogP) is 2.18. The minimum absolute atomic E-state index is 0.283. The summed E-state index contributed by atoms with van der Waals surface area (Å²) >= 11 is 1.55. The van der Waals surface area contributed by atoms with Gasteiger partial charge in [0.15, 0.2) is 0 Å². The van der Waals surface area contributed by atoms with E-state index in [2.05, 4.69) is 24.1 Å². The van der Waals surface area contributed by atoms with Gasteiger partial charge in [0.25, 0.3) is 11.8 Å². The van der Waals surface area contributed by atoms with Gasteiger partial charge in [-0.2, -0.15) is 0 Å². The number of nitrogens with zero attached hydrogens (tertiary/aromatic N) is 2. The third-order valence-electron chi connectivity index (χ3n) is 3.71. The van der Waals surface area contributed by atoms with Crippen molar-refractivity contribution >= 4 is 29.1 Å². The largest absolute Gasteiger partial charge is 0.349 e. The zero-order valence-electron chi connectivity index (χ0n) is 13.4. The summed E-state index contributed by atoms with van der Waals surface area (Å²) in [4.78, 5) is 41.9. The Morgan fingerprint density at radius 1 is 1.21 bits per heavy atom. The monoisotopic (exact) mass is 343 g/mol. The molecule has 1 aliphatic rings. The van der Waals surface area contributed by atoms with E-state index in [9.17, 15) is 14.4 Å². The molecule has 2 aromatic rings. The SMILES string of the molecule is CC(C)c1nc(CNC(=O)CN2C(=O)c3ccccc3C2=O)cs1. The summed E-state index contributed by atoms with van der Waals surface area (Å²) < 4.78 is 0. The highest BCUT2D eigenvalue weighted by molar-refractivity contribution is 7.09. The van der Waals surface area contributed by atoms with Gasteiger partial charge in [0.2, 0.25) is 5.91 Å². The summed E-state index contributed by atoms with van der Waals surface area (Å²) in [5.41, 5.74) is 1.46. The molecule has 0 fully saturated rings. The first kappa shape index (κ1) is 16.3. The summed E-state index contributed by atoms with van der Waals surface area (Å²) in [5.74, 6) is -0.899. The van der Waals surface area contributed by atoms with E-state index in [1.807, 2.05) is 5.38 Å². The minimum atomic E-state index is -0.429. The van der Waals surface area contributed by atoms with E-state index in [1.54, 1.807) is 35.6 Å². The Kier molecular flexibility index (Phi) is 4.44. The van der Waals surface area contributed by atoms with Crippen LogP contribution in [0.5, 0.6) is 0 Å². The molecule has 0 aliphatic carbocycles. The molecule has 6 nitrogen and oxygen atoms in total. The van der Waals surface area contributed by atoms with Gasteiger partial charge < -0.3 is 5.32 Å². The average molecular weight is 343 g/mol. The summed E-state index contributed by atoms with van der Waals surface area (Å²) in [5, 5.41) is 5.62. The lowest BCUT2D eigenvalue weighted by atomic mass is 10.1. The van der Waals surface area contributed by atoms with Crippen molar-refractivity contribution in [2.24, 2.45) is 0 Å². The Bertz CT molecular complexity index is 778. The van der Waals surface area contributed by atoms with Crippen LogP contribution in [0.4, 0.5) is 0 Å². The summed E-state index contributed by atoms with van der Waals surface area (Å²) in [6.45, 7) is 4.12. The van der Waals surface area contributed by atoms with Crippen LogP contribution in [-0.4, -0.2) is 34.2 Å². The van der Waals surface area contributed by atoms with Crippen LogP contribution in [0.25, 0.3) is 0 Å². The summed E-state index contributed by atoms with van der Waals surface area (Å²) in [6.07, 6.45) is 0. The molecule has 0 atom stereocenters. The Morgan fingerprint density at radius 3 is 2.38 bits per heavy atom. The van der Waals surface area contributed by atoms with Gasteiger partial charge in [-0.25, -0.2) is 4.98 Å². The molecule has 0 bridgehead atoms. The second-order valence-corrected chi connectivity index (χ2v) is 6.74. The minimum Gasteiger partial charge on any atom is -0.349 e. The highest BCUT2D eigenvalue weighted by Crippen LogP contribution is 2.22. The lowest BCUT2D eigenvalue weighted by molar-refractivity contribution is -0.121. The van der Waals surface area contributed by atoms with Gasteiger partial charge >= 0.3 is 0 Å². The molecule has 7 heteroatoms. The predicted molar refractivity (Wildman–Crippen MR) is 89.9 cm³/mol.